The van der Waals surface area contributed by atoms with Gasteiger partial charge in [0.25, 0.3) is 5.56 Å². The van der Waals surface area contributed by atoms with Gasteiger partial charge < -0.3 is 5.32 Å². The Labute approximate surface area is 128 Å². The Morgan fingerprint density at radius 3 is 2.50 bits per heavy atom. The molecule has 1 aromatic rings. The smallest absolute Gasteiger partial charge is 0.332 e. The number of aromatic nitrogens is 2. The lowest BCUT2D eigenvalue weighted by atomic mass is 10.2. The topological polar surface area (TPSA) is 83.1 Å². The summed E-state index contributed by atoms with van der Waals surface area (Å²) in [6, 6.07) is 3.26. The van der Waals surface area contributed by atoms with Gasteiger partial charge in [0.1, 0.15) is 11.9 Å². The first-order valence-electron chi connectivity index (χ1n) is 7.66. The van der Waals surface area contributed by atoms with E-state index in [-0.39, 0.29) is 11.6 Å². The number of nitrogens with zero attached hydrogens (tertiary/aromatic N) is 4. The van der Waals surface area contributed by atoms with E-state index in [4.69, 9.17) is 0 Å². The second kappa shape index (κ2) is 5.29. The fraction of sp³-hybridized carbons (Fsp3) is 0.667. The molecule has 2 fully saturated rings. The maximum absolute atomic E-state index is 12.1. The molecule has 1 N–H and O–H groups in total. The minimum absolute atomic E-state index is 0.00197. The van der Waals surface area contributed by atoms with Crippen molar-refractivity contribution in [3.63, 3.8) is 0 Å². The predicted octanol–water partition coefficient (Wildman–Crippen LogP) is -0.00722. The van der Waals surface area contributed by atoms with E-state index in [1.165, 1.54) is 24.5 Å². The molecule has 0 radical (unpaired) electrons. The van der Waals surface area contributed by atoms with Gasteiger partial charge in [-0.1, -0.05) is 0 Å². The van der Waals surface area contributed by atoms with Gasteiger partial charge in [0.2, 0.25) is 0 Å². The lowest BCUT2D eigenvalue weighted by molar-refractivity contribution is 0.257. The molecule has 0 amide bonds. The molecule has 7 heteroatoms. The van der Waals surface area contributed by atoms with Gasteiger partial charge in [-0.15, -0.1) is 0 Å². The lowest BCUT2D eigenvalue weighted by Crippen LogP contribution is -2.41. The predicted molar refractivity (Wildman–Crippen MR) is 82.9 cm³/mol. The van der Waals surface area contributed by atoms with Crippen LogP contribution in [0.15, 0.2) is 9.59 Å². The Kier molecular flexibility index (Phi) is 3.57. The summed E-state index contributed by atoms with van der Waals surface area (Å²) in [5, 5.41) is 12.6. The largest absolute Gasteiger partial charge is 0.366 e. The summed E-state index contributed by atoms with van der Waals surface area (Å²) in [5.74, 6) is 0.338. The molecule has 1 aromatic heterocycles. The minimum atomic E-state index is -0.543. The van der Waals surface area contributed by atoms with Crippen molar-refractivity contribution in [1.29, 1.82) is 5.26 Å². The van der Waals surface area contributed by atoms with E-state index in [0.29, 0.717) is 17.9 Å². The van der Waals surface area contributed by atoms with E-state index in [1.807, 2.05) is 6.07 Å². The summed E-state index contributed by atoms with van der Waals surface area (Å²) in [6.45, 7) is 3.09. The highest BCUT2D eigenvalue weighted by Gasteiger charge is 2.39. The summed E-state index contributed by atoms with van der Waals surface area (Å²) >= 11 is 0. The first-order valence-corrected chi connectivity index (χ1v) is 7.66. The highest BCUT2D eigenvalue weighted by molar-refractivity contribution is 5.52. The minimum Gasteiger partial charge on any atom is -0.366 e. The standard InChI is InChI=1S/C15H21N5O2/c1-9-6-10(8-20(9)11-4-5-11)17-13-12(7-16)14(21)19(3)15(22)18(13)2/h9-11,17H,4-6,8H2,1-3H3. The Hall–Kier alpha value is -2.07. The SMILES string of the molecule is CC1CC(Nc2c(C#N)c(=O)n(C)c(=O)n2C)CN1C1CC1. The lowest BCUT2D eigenvalue weighted by Gasteiger charge is -2.20. The maximum Gasteiger partial charge on any atom is 0.332 e. The third-order valence-electron chi connectivity index (χ3n) is 4.76. The molecule has 3 rings (SSSR count). The average Bonchev–Trinajstić information content (AvgIpc) is 3.27. The summed E-state index contributed by atoms with van der Waals surface area (Å²) in [4.78, 5) is 26.6. The number of hydrogen-bond acceptors (Lipinski definition) is 5. The zero-order chi connectivity index (χ0) is 16.0. The van der Waals surface area contributed by atoms with Gasteiger partial charge in [-0.25, -0.2) is 4.79 Å². The Balaban J connectivity index is 1.91. The van der Waals surface area contributed by atoms with Crippen LogP contribution in [0, 0.1) is 11.3 Å². The second-order valence-corrected chi connectivity index (χ2v) is 6.40. The molecule has 0 bridgehead atoms. The first kappa shape index (κ1) is 14.9. The van der Waals surface area contributed by atoms with Crippen LogP contribution >= 0.6 is 0 Å². The summed E-state index contributed by atoms with van der Waals surface area (Å²) in [5.41, 5.74) is -0.961. The van der Waals surface area contributed by atoms with Crippen LogP contribution in [0.5, 0.6) is 0 Å². The van der Waals surface area contributed by atoms with Crippen molar-refractivity contribution < 1.29 is 0 Å². The van der Waals surface area contributed by atoms with Gasteiger partial charge in [0.15, 0.2) is 5.56 Å². The van der Waals surface area contributed by atoms with E-state index in [1.54, 1.807) is 7.05 Å². The normalized spacial score (nSPS) is 25.2. The number of anilines is 1. The number of likely N-dealkylation sites (tertiary alicyclic amines) is 1. The molecule has 2 atom stereocenters. The van der Waals surface area contributed by atoms with E-state index < -0.39 is 11.2 Å². The van der Waals surface area contributed by atoms with E-state index in [2.05, 4.69) is 17.1 Å². The Bertz CT molecular complexity index is 753. The van der Waals surface area contributed by atoms with Crippen molar-refractivity contribution in [3.05, 3.63) is 26.4 Å². The van der Waals surface area contributed by atoms with Gasteiger partial charge in [-0.3, -0.25) is 18.8 Å². The third kappa shape index (κ3) is 2.33. The van der Waals surface area contributed by atoms with Crippen molar-refractivity contribution >= 4 is 5.82 Å². The maximum atomic E-state index is 12.1. The van der Waals surface area contributed by atoms with Crippen LogP contribution in [0.2, 0.25) is 0 Å². The number of nitriles is 1. The molecule has 1 aliphatic heterocycles. The molecule has 118 valence electrons. The highest BCUT2D eigenvalue weighted by Crippen LogP contribution is 2.34. The molecule has 2 aliphatic rings. The molecule has 2 heterocycles. The zero-order valence-corrected chi connectivity index (χ0v) is 13.2. The Morgan fingerprint density at radius 2 is 1.91 bits per heavy atom. The molecule has 7 nitrogen and oxygen atoms in total. The van der Waals surface area contributed by atoms with Crippen molar-refractivity contribution in [2.75, 3.05) is 11.9 Å². The van der Waals surface area contributed by atoms with Crippen LogP contribution in [0.4, 0.5) is 5.82 Å². The van der Waals surface area contributed by atoms with E-state index in [0.717, 1.165) is 17.5 Å². The highest BCUT2D eigenvalue weighted by atomic mass is 16.2. The van der Waals surface area contributed by atoms with Gasteiger partial charge in [-0.05, 0) is 26.2 Å². The van der Waals surface area contributed by atoms with Gasteiger partial charge >= 0.3 is 5.69 Å². The van der Waals surface area contributed by atoms with E-state index >= 15 is 0 Å². The van der Waals surface area contributed by atoms with Crippen molar-refractivity contribution in [2.24, 2.45) is 14.1 Å². The van der Waals surface area contributed by atoms with Crippen molar-refractivity contribution in [2.45, 2.75) is 44.3 Å². The van der Waals surface area contributed by atoms with Crippen LogP contribution in [0.1, 0.15) is 31.7 Å². The molecule has 1 saturated heterocycles. The first-order chi connectivity index (χ1) is 10.4. The van der Waals surface area contributed by atoms with Gasteiger partial charge in [0.05, 0.1) is 0 Å². The molecular formula is C15H21N5O2. The molecule has 1 saturated carbocycles. The summed E-state index contributed by atoms with van der Waals surface area (Å²) < 4.78 is 2.32. The summed E-state index contributed by atoms with van der Waals surface area (Å²) in [7, 11) is 2.98. The molecule has 22 heavy (non-hydrogen) atoms. The Morgan fingerprint density at radius 1 is 1.23 bits per heavy atom. The molecule has 0 spiro atoms. The fourth-order valence-corrected chi connectivity index (χ4v) is 3.38. The number of rotatable bonds is 3. The van der Waals surface area contributed by atoms with E-state index in [9.17, 15) is 14.9 Å². The van der Waals surface area contributed by atoms with Crippen LogP contribution in [0.25, 0.3) is 0 Å². The molecule has 1 aliphatic carbocycles. The number of nitrogens with one attached hydrogen (secondary N) is 1. The fourth-order valence-electron chi connectivity index (χ4n) is 3.38. The zero-order valence-electron chi connectivity index (χ0n) is 13.2. The third-order valence-corrected chi connectivity index (χ3v) is 4.76. The summed E-state index contributed by atoms with van der Waals surface area (Å²) in [6.07, 6.45) is 3.46. The molecule has 0 aromatic carbocycles. The number of hydrogen-bond donors (Lipinski definition) is 1. The van der Waals surface area contributed by atoms with Crippen LogP contribution in [0.3, 0.4) is 0 Å². The van der Waals surface area contributed by atoms with Gasteiger partial charge in [0, 0.05) is 38.8 Å². The van der Waals surface area contributed by atoms with Crippen LogP contribution in [-0.2, 0) is 14.1 Å². The monoisotopic (exact) mass is 303 g/mol. The van der Waals surface area contributed by atoms with Crippen LogP contribution < -0.4 is 16.6 Å². The quantitative estimate of drug-likeness (QED) is 0.849. The molecule has 2 unspecified atom stereocenters. The van der Waals surface area contributed by atoms with Gasteiger partial charge in [-0.2, -0.15) is 5.26 Å². The van der Waals surface area contributed by atoms with Crippen molar-refractivity contribution in [3.8, 4) is 6.07 Å². The van der Waals surface area contributed by atoms with Crippen LogP contribution in [-0.4, -0.2) is 38.7 Å². The van der Waals surface area contributed by atoms with Crippen molar-refractivity contribution in [1.82, 2.24) is 14.0 Å². The molecular weight excluding hydrogens is 282 g/mol. The average molecular weight is 303 g/mol. The second-order valence-electron chi connectivity index (χ2n) is 6.40.